The maximum Gasteiger partial charge on any atom is 0.257 e. The number of hydrogen-bond donors (Lipinski definition) is 1. The van der Waals surface area contributed by atoms with Crippen molar-refractivity contribution >= 4 is 22.5 Å². The smallest absolute Gasteiger partial charge is 0.257 e. The number of nitrogens with zero attached hydrogens (tertiary/aromatic N) is 2. The first-order valence-electron chi connectivity index (χ1n) is 9.21. The number of methoxy groups -OCH3 is 2. The van der Waals surface area contributed by atoms with Crippen LogP contribution in [0.5, 0.6) is 11.5 Å². The van der Waals surface area contributed by atoms with E-state index < -0.39 is 0 Å². The average Bonchev–Trinajstić information content (AvgIpc) is 3.20. The second-order valence-corrected chi connectivity index (χ2v) is 6.56. The number of aromatic nitrogens is 2. The number of hydrogen-bond acceptors (Lipinski definition) is 4. The molecule has 6 nitrogen and oxygen atoms in total. The third kappa shape index (κ3) is 3.91. The highest BCUT2D eigenvalue weighted by molar-refractivity contribution is 6.04. The molecule has 1 heterocycles. The molecule has 0 radical (unpaired) electrons. The molecule has 0 bridgehead atoms. The molecule has 1 aromatic heterocycles. The molecule has 0 unspecified atom stereocenters. The number of anilines is 1. The molecule has 3 aromatic carbocycles. The number of amides is 1. The minimum absolute atomic E-state index is 0.263. The van der Waals surface area contributed by atoms with Crippen LogP contribution in [-0.2, 0) is 6.54 Å². The Kier molecular flexibility index (Phi) is 5.16. The number of rotatable bonds is 6. The maximum absolute atomic E-state index is 12.6. The molecule has 0 atom stereocenters. The van der Waals surface area contributed by atoms with Gasteiger partial charge >= 0.3 is 0 Å². The molecule has 0 aliphatic rings. The van der Waals surface area contributed by atoms with Crippen molar-refractivity contribution in [1.82, 2.24) is 9.78 Å². The van der Waals surface area contributed by atoms with Crippen molar-refractivity contribution < 1.29 is 14.3 Å². The lowest BCUT2D eigenvalue weighted by Crippen LogP contribution is -2.13. The summed E-state index contributed by atoms with van der Waals surface area (Å²) in [5.41, 5.74) is 1.63. The summed E-state index contributed by atoms with van der Waals surface area (Å²) in [4.78, 5) is 12.6. The highest BCUT2D eigenvalue weighted by Crippen LogP contribution is 2.27. The second kappa shape index (κ2) is 8.06. The highest BCUT2D eigenvalue weighted by atomic mass is 16.5. The van der Waals surface area contributed by atoms with Crippen molar-refractivity contribution in [3.8, 4) is 11.5 Å². The third-order valence-electron chi connectivity index (χ3n) is 4.74. The highest BCUT2D eigenvalue weighted by Gasteiger charge is 2.12. The van der Waals surface area contributed by atoms with Gasteiger partial charge in [-0.15, -0.1) is 0 Å². The molecular formula is C23H21N3O3. The van der Waals surface area contributed by atoms with E-state index in [9.17, 15) is 4.79 Å². The SMILES string of the molecule is COc1ccc(C(=O)Nc2ccn(Cc3cccc4ccccc34)n2)cc1OC. The summed E-state index contributed by atoms with van der Waals surface area (Å²) < 4.78 is 12.3. The summed E-state index contributed by atoms with van der Waals surface area (Å²) in [7, 11) is 3.09. The molecule has 29 heavy (non-hydrogen) atoms. The summed E-state index contributed by atoms with van der Waals surface area (Å²) in [5, 5.41) is 9.70. The Hall–Kier alpha value is -3.80. The quantitative estimate of drug-likeness (QED) is 0.534. The van der Waals surface area contributed by atoms with Gasteiger partial charge in [0.2, 0.25) is 0 Å². The van der Waals surface area contributed by atoms with Gasteiger partial charge in [0.15, 0.2) is 17.3 Å². The van der Waals surface area contributed by atoms with Crippen LogP contribution in [0.25, 0.3) is 10.8 Å². The van der Waals surface area contributed by atoms with Crippen molar-refractivity contribution in [3.05, 3.63) is 84.1 Å². The number of nitrogens with one attached hydrogen (secondary N) is 1. The molecule has 0 fully saturated rings. The molecule has 0 saturated carbocycles. The van der Waals surface area contributed by atoms with E-state index >= 15 is 0 Å². The fourth-order valence-corrected chi connectivity index (χ4v) is 3.29. The van der Waals surface area contributed by atoms with Gasteiger partial charge in [0.05, 0.1) is 20.8 Å². The Labute approximate surface area is 168 Å². The van der Waals surface area contributed by atoms with Crippen LogP contribution in [0.1, 0.15) is 15.9 Å². The van der Waals surface area contributed by atoms with Crippen LogP contribution >= 0.6 is 0 Å². The van der Waals surface area contributed by atoms with E-state index in [4.69, 9.17) is 9.47 Å². The van der Waals surface area contributed by atoms with Gasteiger partial charge in [-0.2, -0.15) is 5.10 Å². The lowest BCUT2D eigenvalue weighted by atomic mass is 10.0. The van der Waals surface area contributed by atoms with Gasteiger partial charge in [0.25, 0.3) is 5.91 Å². The summed E-state index contributed by atoms with van der Waals surface area (Å²) in [6.07, 6.45) is 1.85. The first-order chi connectivity index (χ1) is 14.2. The number of ether oxygens (including phenoxy) is 2. The van der Waals surface area contributed by atoms with Crippen LogP contribution in [-0.4, -0.2) is 29.9 Å². The van der Waals surface area contributed by atoms with E-state index in [0.717, 1.165) is 0 Å². The van der Waals surface area contributed by atoms with Crippen LogP contribution in [0.2, 0.25) is 0 Å². The van der Waals surface area contributed by atoms with Crippen LogP contribution in [0, 0.1) is 0 Å². The monoisotopic (exact) mass is 387 g/mol. The molecule has 6 heteroatoms. The van der Waals surface area contributed by atoms with Gasteiger partial charge in [-0.05, 0) is 34.5 Å². The zero-order valence-electron chi connectivity index (χ0n) is 16.3. The number of carbonyl (C=O) groups is 1. The predicted octanol–water partition coefficient (Wildman–Crippen LogP) is 4.35. The summed E-state index contributed by atoms with van der Waals surface area (Å²) in [6.45, 7) is 0.619. The Bertz CT molecular complexity index is 1160. The van der Waals surface area contributed by atoms with Crippen molar-refractivity contribution in [1.29, 1.82) is 0 Å². The molecular weight excluding hydrogens is 366 g/mol. The zero-order chi connectivity index (χ0) is 20.2. The molecule has 1 amide bonds. The molecule has 4 aromatic rings. The van der Waals surface area contributed by atoms with E-state index in [2.05, 4.69) is 34.7 Å². The summed E-state index contributed by atoms with van der Waals surface area (Å²) in [6, 6.07) is 21.3. The van der Waals surface area contributed by atoms with E-state index in [1.165, 1.54) is 23.4 Å². The number of fused-ring (bicyclic) bond motifs is 1. The molecule has 4 rings (SSSR count). The Morgan fingerprint density at radius 2 is 1.76 bits per heavy atom. The van der Waals surface area contributed by atoms with E-state index in [-0.39, 0.29) is 5.91 Å². The van der Waals surface area contributed by atoms with Gasteiger partial charge in [-0.1, -0.05) is 42.5 Å². The van der Waals surface area contributed by atoms with Crippen molar-refractivity contribution in [2.24, 2.45) is 0 Å². The van der Waals surface area contributed by atoms with Gasteiger partial charge in [-0.25, -0.2) is 0 Å². The molecule has 0 aliphatic heterocycles. The van der Waals surface area contributed by atoms with Crippen LogP contribution in [0.4, 0.5) is 5.82 Å². The molecule has 0 aliphatic carbocycles. The van der Waals surface area contributed by atoms with Gasteiger partial charge in [-0.3, -0.25) is 9.48 Å². The van der Waals surface area contributed by atoms with Gasteiger partial charge in [0.1, 0.15) is 0 Å². The van der Waals surface area contributed by atoms with Gasteiger partial charge in [0, 0.05) is 17.8 Å². The van der Waals surface area contributed by atoms with Crippen LogP contribution < -0.4 is 14.8 Å². The Morgan fingerprint density at radius 1 is 0.966 bits per heavy atom. The lowest BCUT2D eigenvalue weighted by molar-refractivity contribution is 0.102. The van der Waals surface area contributed by atoms with Gasteiger partial charge < -0.3 is 14.8 Å². The largest absolute Gasteiger partial charge is 0.493 e. The first-order valence-corrected chi connectivity index (χ1v) is 9.21. The van der Waals surface area contributed by atoms with E-state index in [0.29, 0.717) is 29.4 Å². The predicted molar refractivity (Wildman–Crippen MR) is 113 cm³/mol. The minimum Gasteiger partial charge on any atom is -0.493 e. The fourth-order valence-electron chi connectivity index (χ4n) is 3.29. The average molecular weight is 387 g/mol. The fraction of sp³-hybridized carbons (Fsp3) is 0.130. The van der Waals surface area contributed by atoms with E-state index in [1.54, 1.807) is 31.4 Å². The zero-order valence-corrected chi connectivity index (χ0v) is 16.3. The molecule has 1 N–H and O–H groups in total. The van der Waals surface area contributed by atoms with Crippen molar-refractivity contribution in [3.63, 3.8) is 0 Å². The van der Waals surface area contributed by atoms with Crippen molar-refractivity contribution in [2.75, 3.05) is 19.5 Å². The lowest BCUT2D eigenvalue weighted by Gasteiger charge is -2.09. The summed E-state index contributed by atoms with van der Waals surface area (Å²) in [5.74, 6) is 1.30. The molecule has 146 valence electrons. The normalized spacial score (nSPS) is 10.7. The standard InChI is InChI=1S/C23H21N3O3/c1-28-20-11-10-17(14-21(20)29-2)23(27)24-22-12-13-26(25-22)15-18-8-5-7-16-6-3-4-9-19(16)18/h3-14H,15H2,1-2H3,(H,24,25,27). The molecule has 0 saturated heterocycles. The third-order valence-corrected chi connectivity index (χ3v) is 4.74. The minimum atomic E-state index is -0.263. The Balaban J connectivity index is 1.50. The topological polar surface area (TPSA) is 65.4 Å². The van der Waals surface area contributed by atoms with Crippen LogP contribution in [0.3, 0.4) is 0 Å². The number of carbonyl (C=O) groups excluding carboxylic acids is 1. The van der Waals surface area contributed by atoms with Crippen molar-refractivity contribution in [2.45, 2.75) is 6.54 Å². The summed E-state index contributed by atoms with van der Waals surface area (Å²) >= 11 is 0. The second-order valence-electron chi connectivity index (χ2n) is 6.56. The Morgan fingerprint density at radius 3 is 2.59 bits per heavy atom. The number of benzene rings is 3. The first kappa shape index (κ1) is 18.6. The van der Waals surface area contributed by atoms with Crippen LogP contribution in [0.15, 0.2) is 72.9 Å². The molecule has 0 spiro atoms. The maximum atomic E-state index is 12.6. The van der Waals surface area contributed by atoms with E-state index in [1.807, 2.05) is 29.1 Å².